The zero-order valence-electron chi connectivity index (χ0n) is 10.3. The molecule has 0 aromatic carbocycles. The first-order valence-corrected chi connectivity index (χ1v) is 6.58. The van der Waals surface area contributed by atoms with Crippen molar-refractivity contribution in [2.45, 2.75) is 71.1 Å². The first-order valence-electron chi connectivity index (χ1n) is 6.58. The summed E-state index contributed by atoms with van der Waals surface area (Å²) < 4.78 is 0. The Labute approximate surface area is 98.2 Å². The van der Waals surface area contributed by atoms with E-state index in [2.05, 4.69) is 12.1 Å². The quantitative estimate of drug-likeness (QED) is 0.375. The maximum Gasteiger partial charge on any atom is 0.335 e. The predicted octanol–water partition coefficient (Wildman–Crippen LogP) is 3.82. The Bertz CT molecular complexity index is 228. The molecular weight excluding hydrogens is 202 g/mol. The van der Waals surface area contributed by atoms with Gasteiger partial charge in [0.2, 0.25) is 0 Å². The van der Waals surface area contributed by atoms with Crippen LogP contribution in [0.25, 0.3) is 0 Å². The maximum absolute atomic E-state index is 11.3. The number of oxime groups is 1. The lowest BCUT2D eigenvalue weighted by atomic mass is 10.1. The minimum Gasteiger partial charge on any atom is -0.318 e. The van der Waals surface area contributed by atoms with E-state index in [1.54, 1.807) is 0 Å². The summed E-state index contributed by atoms with van der Waals surface area (Å²) in [6.45, 7) is 2.19. The van der Waals surface area contributed by atoms with Crippen molar-refractivity contribution in [2.75, 3.05) is 0 Å². The van der Waals surface area contributed by atoms with Crippen molar-refractivity contribution < 1.29 is 9.63 Å². The van der Waals surface area contributed by atoms with Crippen LogP contribution in [0.1, 0.15) is 71.1 Å². The summed E-state index contributed by atoms with van der Waals surface area (Å²) in [5.74, 6) is -0.170. The van der Waals surface area contributed by atoms with Gasteiger partial charge < -0.3 is 4.84 Å². The smallest absolute Gasteiger partial charge is 0.318 e. The molecule has 0 amide bonds. The molecule has 0 atom stereocenters. The number of hydrogen-bond donors (Lipinski definition) is 0. The van der Waals surface area contributed by atoms with Gasteiger partial charge in [-0.1, -0.05) is 37.8 Å². The Balaban J connectivity index is 2.00. The van der Waals surface area contributed by atoms with Crippen LogP contribution in [0, 0.1) is 0 Å². The average Bonchev–Trinajstić information content (AvgIpc) is 2.79. The van der Waals surface area contributed by atoms with Crippen molar-refractivity contribution in [3.8, 4) is 0 Å². The Morgan fingerprint density at radius 1 is 1.19 bits per heavy atom. The Kier molecular flexibility index (Phi) is 6.86. The monoisotopic (exact) mass is 225 g/mol. The third-order valence-electron chi connectivity index (χ3n) is 2.94. The highest BCUT2D eigenvalue weighted by Gasteiger charge is 2.09. The van der Waals surface area contributed by atoms with Gasteiger partial charge in [0.25, 0.3) is 0 Å². The summed E-state index contributed by atoms with van der Waals surface area (Å²) >= 11 is 0. The van der Waals surface area contributed by atoms with Crippen LogP contribution >= 0.6 is 0 Å². The molecule has 0 N–H and O–H groups in total. The normalized spacial score (nSPS) is 15.2. The largest absolute Gasteiger partial charge is 0.335 e. The first kappa shape index (κ1) is 13.2. The van der Waals surface area contributed by atoms with Gasteiger partial charge in [0.05, 0.1) is 5.71 Å². The van der Waals surface area contributed by atoms with Crippen molar-refractivity contribution in [2.24, 2.45) is 5.16 Å². The first-order chi connectivity index (χ1) is 7.83. The third-order valence-corrected chi connectivity index (χ3v) is 2.94. The van der Waals surface area contributed by atoms with Crippen molar-refractivity contribution in [3.05, 3.63) is 0 Å². The van der Waals surface area contributed by atoms with E-state index in [1.165, 1.54) is 32.1 Å². The highest BCUT2D eigenvalue weighted by atomic mass is 16.7. The summed E-state index contributed by atoms with van der Waals surface area (Å²) in [7, 11) is 0. The lowest BCUT2D eigenvalue weighted by molar-refractivity contribution is -0.143. The van der Waals surface area contributed by atoms with E-state index in [0.717, 1.165) is 31.4 Å². The molecule has 16 heavy (non-hydrogen) atoms. The number of carbonyl (C=O) groups is 1. The molecule has 0 unspecified atom stereocenters. The zero-order chi connectivity index (χ0) is 11.6. The molecule has 0 aromatic rings. The zero-order valence-corrected chi connectivity index (χ0v) is 10.3. The fourth-order valence-electron chi connectivity index (χ4n) is 1.91. The van der Waals surface area contributed by atoms with Gasteiger partial charge in [-0.25, -0.2) is 4.79 Å². The number of hydrogen-bond acceptors (Lipinski definition) is 3. The Hall–Kier alpha value is -0.860. The van der Waals surface area contributed by atoms with Gasteiger partial charge in [-0.3, -0.25) is 0 Å². The minimum absolute atomic E-state index is 0.170. The molecule has 0 saturated heterocycles. The highest BCUT2D eigenvalue weighted by Crippen LogP contribution is 2.15. The molecule has 0 bridgehead atoms. The van der Waals surface area contributed by atoms with Gasteiger partial charge in [-0.15, -0.1) is 0 Å². The third kappa shape index (κ3) is 5.89. The molecule has 0 heterocycles. The number of unbranched alkanes of at least 4 members (excludes halogenated alkanes) is 4. The summed E-state index contributed by atoms with van der Waals surface area (Å²) in [5.41, 5.74) is 1.05. The fourth-order valence-corrected chi connectivity index (χ4v) is 1.91. The second-order valence-electron chi connectivity index (χ2n) is 4.49. The average molecular weight is 225 g/mol. The number of carbonyl (C=O) groups excluding carboxylic acids is 1. The van der Waals surface area contributed by atoms with E-state index < -0.39 is 0 Å². The Morgan fingerprint density at radius 3 is 2.56 bits per heavy atom. The van der Waals surface area contributed by atoms with E-state index in [0.29, 0.717) is 6.42 Å². The molecule has 0 aliphatic heterocycles. The van der Waals surface area contributed by atoms with Gasteiger partial charge in [0.15, 0.2) is 0 Å². The van der Waals surface area contributed by atoms with E-state index in [-0.39, 0.29) is 5.97 Å². The number of rotatable bonds is 7. The van der Waals surface area contributed by atoms with Crippen LogP contribution in [0.15, 0.2) is 5.16 Å². The highest BCUT2D eigenvalue weighted by molar-refractivity contribution is 5.86. The van der Waals surface area contributed by atoms with Crippen LogP contribution in [0.2, 0.25) is 0 Å². The molecular formula is C13H23NO2. The molecule has 0 radical (unpaired) electrons. The topological polar surface area (TPSA) is 38.7 Å². The van der Waals surface area contributed by atoms with Gasteiger partial charge >= 0.3 is 5.97 Å². The van der Waals surface area contributed by atoms with Crippen LogP contribution in [-0.4, -0.2) is 11.7 Å². The van der Waals surface area contributed by atoms with E-state index in [1.807, 2.05) is 0 Å². The minimum atomic E-state index is -0.170. The molecule has 1 rings (SSSR count). The van der Waals surface area contributed by atoms with Crippen LogP contribution in [-0.2, 0) is 9.63 Å². The van der Waals surface area contributed by atoms with Gasteiger partial charge in [0.1, 0.15) is 0 Å². The van der Waals surface area contributed by atoms with E-state index in [4.69, 9.17) is 4.84 Å². The molecule has 92 valence electrons. The van der Waals surface area contributed by atoms with E-state index in [9.17, 15) is 4.79 Å². The summed E-state index contributed by atoms with van der Waals surface area (Å²) in [4.78, 5) is 16.2. The fraction of sp³-hybridized carbons (Fsp3) is 0.846. The predicted molar refractivity (Wildman–Crippen MR) is 65.4 cm³/mol. The van der Waals surface area contributed by atoms with Gasteiger partial charge in [-0.2, -0.15) is 0 Å². The molecule has 1 fully saturated rings. The van der Waals surface area contributed by atoms with Crippen molar-refractivity contribution in [3.63, 3.8) is 0 Å². The van der Waals surface area contributed by atoms with Gasteiger partial charge in [0, 0.05) is 6.42 Å². The second-order valence-corrected chi connectivity index (χ2v) is 4.49. The molecule has 3 nitrogen and oxygen atoms in total. The molecule has 3 heteroatoms. The SMILES string of the molecule is CCCCCCCC(=O)ON=C1CCCC1. The van der Waals surface area contributed by atoms with E-state index >= 15 is 0 Å². The number of nitrogens with zero attached hydrogens (tertiary/aromatic N) is 1. The van der Waals surface area contributed by atoms with Crippen molar-refractivity contribution in [1.29, 1.82) is 0 Å². The maximum atomic E-state index is 11.3. The molecule has 0 aromatic heterocycles. The summed E-state index contributed by atoms with van der Waals surface area (Å²) in [5, 5.41) is 3.91. The van der Waals surface area contributed by atoms with Crippen LogP contribution < -0.4 is 0 Å². The standard InChI is InChI=1S/C13H23NO2/c1-2-3-4-5-6-11-13(15)16-14-12-9-7-8-10-12/h2-11H2,1H3. The summed E-state index contributed by atoms with van der Waals surface area (Å²) in [6, 6.07) is 0. The molecule has 1 aliphatic carbocycles. The second kappa shape index (κ2) is 8.31. The van der Waals surface area contributed by atoms with Gasteiger partial charge in [-0.05, 0) is 32.1 Å². The molecule has 1 saturated carbocycles. The van der Waals surface area contributed by atoms with Crippen molar-refractivity contribution >= 4 is 11.7 Å². The lowest BCUT2D eigenvalue weighted by Gasteiger charge is -1.99. The molecule has 1 aliphatic rings. The molecule has 0 spiro atoms. The van der Waals surface area contributed by atoms with Crippen LogP contribution in [0.4, 0.5) is 0 Å². The summed E-state index contributed by atoms with van der Waals surface area (Å²) in [6.07, 6.45) is 10.7. The van der Waals surface area contributed by atoms with Crippen molar-refractivity contribution in [1.82, 2.24) is 0 Å². The lowest BCUT2D eigenvalue weighted by Crippen LogP contribution is -2.02. The Morgan fingerprint density at radius 2 is 1.88 bits per heavy atom. The van der Waals surface area contributed by atoms with Crippen LogP contribution in [0.5, 0.6) is 0 Å². The van der Waals surface area contributed by atoms with Crippen LogP contribution in [0.3, 0.4) is 0 Å².